The molecule has 1 heterocycles. The number of nitrogens with zero attached hydrogens (tertiary/aromatic N) is 1. The van der Waals surface area contributed by atoms with Gasteiger partial charge >= 0.3 is 0 Å². The number of nitrogens with one attached hydrogen (secondary N) is 2. The topological polar surface area (TPSA) is 87.7 Å². The Morgan fingerprint density at radius 3 is 2.53 bits per heavy atom. The van der Waals surface area contributed by atoms with E-state index in [1.54, 1.807) is 14.0 Å². The number of benzene rings is 2. The molecular formula is C27H35N3O4. The minimum Gasteiger partial charge on any atom is -0.496 e. The van der Waals surface area contributed by atoms with Crippen LogP contribution in [0.15, 0.2) is 54.6 Å². The van der Waals surface area contributed by atoms with Crippen molar-refractivity contribution in [3.8, 4) is 5.75 Å². The molecule has 0 aliphatic carbocycles. The fourth-order valence-electron chi connectivity index (χ4n) is 4.44. The molecule has 3 unspecified atom stereocenters. The molecule has 2 aromatic rings. The molecule has 0 radical (unpaired) electrons. The molecule has 0 bridgehead atoms. The van der Waals surface area contributed by atoms with E-state index in [-0.39, 0.29) is 17.7 Å². The summed E-state index contributed by atoms with van der Waals surface area (Å²) in [5.41, 5.74) is 1.80. The van der Waals surface area contributed by atoms with Crippen molar-refractivity contribution < 1.29 is 19.1 Å². The van der Waals surface area contributed by atoms with Gasteiger partial charge < -0.3 is 20.3 Å². The minimum absolute atomic E-state index is 0.0436. The maximum absolute atomic E-state index is 13.4. The highest BCUT2D eigenvalue weighted by molar-refractivity contribution is 5.90. The van der Waals surface area contributed by atoms with Crippen LogP contribution in [0, 0.1) is 5.92 Å². The van der Waals surface area contributed by atoms with E-state index >= 15 is 0 Å². The standard InChI is InChI=1S/C27H35N3O4/c1-4-5-17-30-24(31)16-15-22(25(30)21-13-9-10-14-23(21)34-3)27(33)29-19(2)26(32)28-18-20-11-7-6-8-12-20/h6-14,19,22,25H,4-5,15-18H2,1-3H3,(H,28,32)(H,29,33). The number of carbonyl (C=O) groups excluding carboxylic acids is 3. The van der Waals surface area contributed by atoms with E-state index in [1.165, 1.54) is 0 Å². The smallest absolute Gasteiger partial charge is 0.242 e. The zero-order chi connectivity index (χ0) is 24.5. The van der Waals surface area contributed by atoms with Gasteiger partial charge in [0.2, 0.25) is 17.7 Å². The summed E-state index contributed by atoms with van der Waals surface area (Å²) >= 11 is 0. The molecule has 7 nitrogen and oxygen atoms in total. The second-order valence-corrected chi connectivity index (χ2v) is 8.71. The van der Waals surface area contributed by atoms with Crippen molar-refractivity contribution in [2.75, 3.05) is 13.7 Å². The summed E-state index contributed by atoms with van der Waals surface area (Å²) in [7, 11) is 1.59. The van der Waals surface area contributed by atoms with Crippen molar-refractivity contribution >= 4 is 17.7 Å². The first-order valence-corrected chi connectivity index (χ1v) is 12.0. The third-order valence-electron chi connectivity index (χ3n) is 6.31. The predicted molar refractivity (Wildman–Crippen MR) is 131 cm³/mol. The minimum atomic E-state index is -0.698. The van der Waals surface area contributed by atoms with Crippen molar-refractivity contribution in [1.82, 2.24) is 15.5 Å². The summed E-state index contributed by atoms with van der Waals surface area (Å²) in [6.07, 6.45) is 2.53. The van der Waals surface area contributed by atoms with Crippen molar-refractivity contribution in [3.05, 3.63) is 65.7 Å². The van der Waals surface area contributed by atoms with Crippen molar-refractivity contribution in [3.63, 3.8) is 0 Å². The van der Waals surface area contributed by atoms with Crippen LogP contribution in [0.5, 0.6) is 5.75 Å². The summed E-state index contributed by atoms with van der Waals surface area (Å²) in [4.78, 5) is 40.8. The highest BCUT2D eigenvalue weighted by atomic mass is 16.5. The summed E-state index contributed by atoms with van der Waals surface area (Å²) in [6, 6.07) is 16.0. The van der Waals surface area contributed by atoms with Gasteiger partial charge in [0, 0.05) is 25.1 Å². The van der Waals surface area contributed by atoms with Crippen molar-refractivity contribution in [1.29, 1.82) is 0 Å². The Bertz CT molecular complexity index is 979. The fraction of sp³-hybridized carbons (Fsp3) is 0.444. The van der Waals surface area contributed by atoms with Gasteiger partial charge in [0.25, 0.3) is 0 Å². The molecule has 2 N–H and O–H groups in total. The predicted octanol–water partition coefficient (Wildman–Crippen LogP) is 3.60. The summed E-state index contributed by atoms with van der Waals surface area (Å²) in [5, 5.41) is 5.76. The van der Waals surface area contributed by atoms with E-state index < -0.39 is 18.0 Å². The highest BCUT2D eigenvalue weighted by Crippen LogP contribution is 2.40. The molecule has 7 heteroatoms. The van der Waals surface area contributed by atoms with Crippen LogP contribution in [0.3, 0.4) is 0 Å². The summed E-state index contributed by atoms with van der Waals surface area (Å²) in [6.45, 7) is 4.73. The van der Waals surface area contributed by atoms with E-state index in [2.05, 4.69) is 17.6 Å². The number of unbranched alkanes of at least 4 members (excludes halogenated alkanes) is 1. The van der Waals surface area contributed by atoms with E-state index in [9.17, 15) is 14.4 Å². The zero-order valence-electron chi connectivity index (χ0n) is 20.3. The monoisotopic (exact) mass is 465 g/mol. The molecule has 0 saturated carbocycles. The molecule has 0 aromatic heterocycles. The molecule has 34 heavy (non-hydrogen) atoms. The second kappa shape index (κ2) is 12.2. The lowest BCUT2D eigenvalue weighted by Crippen LogP contribution is -2.52. The van der Waals surface area contributed by atoms with Crippen LogP contribution in [0.4, 0.5) is 0 Å². The molecular weight excluding hydrogens is 430 g/mol. The number of piperidine rings is 1. The Balaban J connectivity index is 1.76. The average Bonchev–Trinajstić information content (AvgIpc) is 2.86. The molecule has 0 spiro atoms. The number of hydrogen-bond acceptors (Lipinski definition) is 4. The highest BCUT2D eigenvalue weighted by Gasteiger charge is 2.42. The number of ether oxygens (including phenoxy) is 1. The Kier molecular flexibility index (Phi) is 9.08. The van der Waals surface area contributed by atoms with Gasteiger partial charge in [0.1, 0.15) is 11.8 Å². The van der Waals surface area contributed by atoms with Crippen LogP contribution in [0.2, 0.25) is 0 Å². The zero-order valence-corrected chi connectivity index (χ0v) is 20.3. The molecule has 1 fully saturated rings. The number of rotatable bonds is 10. The third kappa shape index (κ3) is 6.16. The largest absolute Gasteiger partial charge is 0.496 e. The number of carbonyl (C=O) groups is 3. The average molecular weight is 466 g/mol. The van der Waals surface area contributed by atoms with Crippen LogP contribution in [0.25, 0.3) is 0 Å². The summed E-state index contributed by atoms with van der Waals surface area (Å²) < 4.78 is 5.57. The number of hydrogen-bond donors (Lipinski definition) is 2. The normalized spacial score (nSPS) is 18.8. The molecule has 1 aliphatic rings. The van der Waals surface area contributed by atoms with Crippen LogP contribution < -0.4 is 15.4 Å². The quantitative estimate of drug-likeness (QED) is 0.561. The van der Waals surface area contributed by atoms with Crippen molar-refractivity contribution in [2.24, 2.45) is 5.92 Å². The molecule has 2 aromatic carbocycles. The van der Waals surface area contributed by atoms with Gasteiger partial charge in [-0.3, -0.25) is 14.4 Å². The maximum Gasteiger partial charge on any atom is 0.242 e. The molecule has 1 aliphatic heterocycles. The molecule has 3 atom stereocenters. The molecule has 3 rings (SSSR count). The van der Waals surface area contributed by atoms with Gasteiger partial charge in [-0.25, -0.2) is 0 Å². The van der Waals surface area contributed by atoms with Crippen LogP contribution in [-0.4, -0.2) is 42.3 Å². The lowest BCUT2D eigenvalue weighted by Gasteiger charge is -2.41. The Labute approximate surface area is 201 Å². The molecule has 1 saturated heterocycles. The van der Waals surface area contributed by atoms with E-state index in [0.29, 0.717) is 31.7 Å². The van der Waals surface area contributed by atoms with Crippen LogP contribution in [0.1, 0.15) is 56.7 Å². The number of methoxy groups -OCH3 is 1. The lowest BCUT2D eigenvalue weighted by molar-refractivity contribution is -0.144. The van der Waals surface area contributed by atoms with Gasteiger partial charge in [-0.1, -0.05) is 61.9 Å². The third-order valence-corrected chi connectivity index (χ3v) is 6.31. The Morgan fingerprint density at radius 2 is 1.82 bits per heavy atom. The van der Waals surface area contributed by atoms with Gasteiger partial charge in [-0.2, -0.15) is 0 Å². The molecule has 3 amide bonds. The SMILES string of the molecule is CCCCN1C(=O)CCC(C(=O)NC(C)C(=O)NCc2ccccc2)C1c1ccccc1OC. The number of para-hydroxylation sites is 1. The number of likely N-dealkylation sites (tertiary alicyclic amines) is 1. The summed E-state index contributed by atoms with van der Waals surface area (Å²) in [5.74, 6) is -0.263. The van der Waals surface area contributed by atoms with Gasteiger partial charge in [0.15, 0.2) is 0 Å². The van der Waals surface area contributed by atoms with E-state index in [1.807, 2.05) is 59.5 Å². The fourth-order valence-corrected chi connectivity index (χ4v) is 4.44. The Morgan fingerprint density at radius 1 is 1.12 bits per heavy atom. The van der Waals surface area contributed by atoms with Crippen LogP contribution >= 0.6 is 0 Å². The lowest BCUT2D eigenvalue weighted by atomic mass is 9.82. The van der Waals surface area contributed by atoms with Crippen LogP contribution in [-0.2, 0) is 20.9 Å². The molecule has 182 valence electrons. The first-order valence-electron chi connectivity index (χ1n) is 12.0. The van der Waals surface area contributed by atoms with E-state index in [0.717, 1.165) is 24.0 Å². The van der Waals surface area contributed by atoms with Gasteiger partial charge in [-0.15, -0.1) is 0 Å². The first kappa shape index (κ1) is 25.3. The Hall–Kier alpha value is -3.35. The van der Waals surface area contributed by atoms with Gasteiger partial charge in [0.05, 0.1) is 19.1 Å². The van der Waals surface area contributed by atoms with Gasteiger partial charge in [-0.05, 0) is 31.4 Å². The maximum atomic E-state index is 13.4. The van der Waals surface area contributed by atoms with E-state index in [4.69, 9.17) is 4.74 Å². The number of amides is 3. The van der Waals surface area contributed by atoms with Crippen molar-refractivity contribution in [2.45, 2.75) is 58.2 Å². The first-order chi connectivity index (χ1) is 16.5. The second-order valence-electron chi connectivity index (χ2n) is 8.71.